The van der Waals surface area contributed by atoms with Gasteiger partial charge >= 0.3 is 0 Å². The first-order chi connectivity index (χ1) is 9.98. The molecule has 1 heterocycles. The topological polar surface area (TPSA) is 49.4 Å². The van der Waals surface area contributed by atoms with Crippen LogP contribution in [0.2, 0.25) is 0 Å². The third kappa shape index (κ3) is 3.45. The average Bonchev–Trinajstić information content (AvgIpc) is 2.96. The van der Waals surface area contributed by atoms with Crippen LogP contribution in [0, 0.1) is 0 Å². The second kappa shape index (κ2) is 6.60. The minimum atomic E-state index is -3.49. The molecule has 0 saturated carbocycles. The lowest BCUT2D eigenvalue weighted by atomic mass is 10.1. The van der Waals surface area contributed by atoms with Crippen molar-refractivity contribution in [1.29, 1.82) is 0 Å². The van der Waals surface area contributed by atoms with Crippen LogP contribution >= 0.6 is 11.3 Å². The summed E-state index contributed by atoms with van der Waals surface area (Å²) >= 11 is 1.30. The maximum absolute atomic E-state index is 12.6. The average molecular weight is 324 g/mol. The van der Waals surface area contributed by atoms with Gasteiger partial charge in [-0.15, -0.1) is 11.3 Å². The van der Waals surface area contributed by atoms with E-state index in [-0.39, 0.29) is 0 Å². The van der Waals surface area contributed by atoms with E-state index in [1.807, 2.05) is 37.4 Å². The van der Waals surface area contributed by atoms with Gasteiger partial charge in [0.25, 0.3) is 10.0 Å². The van der Waals surface area contributed by atoms with Crippen LogP contribution in [0.5, 0.6) is 0 Å². The van der Waals surface area contributed by atoms with Crippen molar-refractivity contribution in [2.45, 2.75) is 24.1 Å². The Morgan fingerprint density at radius 1 is 1.14 bits per heavy atom. The SMILES string of the molecule is CCc1ccc(N(C)S(=O)(=O)c2ccc(CNC)s2)cc1. The number of rotatable bonds is 6. The second-order valence-electron chi connectivity index (χ2n) is 4.74. The molecule has 1 aromatic heterocycles. The zero-order chi connectivity index (χ0) is 15.5. The summed E-state index contributed by atoms with van der Waals surface area (Å²) in [4.78, 5) is 1.01. The van der Waals surface area contributed by atoms with E-state index in [0.717, 1.165) is 11.3 Å². The highest BCUT2D eigenvalue weighted by Crippen LogP contribution is 2.27. The van der Waals surface area contributed by atoms with Crippen LogP contribution < -0.4 is 9.62 Å². The van der Waals surface area contributed by atoms with Gasteiger partial charge in [-0.1, -0.05) is 19.1 Å². The minimum Gasteiger partial charge on any atom is -0.315 e. The van der Waals surface area contributed by atoms with E-state index in [1.165, 1.54) is 21.2 Å². The number of thiophene rings is 1. The number of hydrogen-bond acceptors (Lipinski definition) is 4. The lowest BCUT2D eigenvalue weighted by Crippen LogP contribution is -2.25. The Morgan fingerprint density at radius 3 is 2.38 bits per heavy atom. The number of sulfonamides is 1. The van der Waals surface area contributed by atoms with E-state index in [9.17, 15) is 8.42 Å². The summed E-state index contributed by atoms with van der Waals surface area (Å²) in [7, 11) is -0.0514. The summed E-state index contributed by atoms with van der Waals surface area (Å²) in [6.45, 7) is 2.75. The molecule has 4 nitrogen and oxygen atoms in total. The van der Waals surface area contributed by atoms with E-state index < -0.39 is 10.0 Å². The Hall–Kier alpha value is -1.37. The van der Waals surface area contributed by atoms with Gasteiger partial charge in [-0.25, -0.2) is 8.42 Å². The first kappa shape index (κ1) is 16.0. The molecule has 0 spiro atoms. The molecular weight excluding hydrogens is 304 g/mol. The standard InChI is InChI=1S/C15H20N2O2S2/c1-4-12-5-7-13(8-6-12)17(3)21(18,19)15-10-9-14(20-15)11-16-2/h5-10,16H,4,11H2,1-3H3. The second-order valence-corrected chi connectivity index (χ2v) is 8.11. The van der Waals surface area contributed by atoms with Crippen molar-refractivity contribution in [3.63, 3.8) is 0 Å². The van der Waals surface area contributed by atoms with Gasteiger partial charge in [0.15, 0.2) is 0 Å². The lowest BCUT2D eigenvalue weighted by Gasteiger charge is -2.18. The molecular formula is C15H20N2O2S2. The highest BCUT2D eigenvalue weighted by Gasteiger charge is 2.23. The van der Waals surface area contributed by atoms with Crippen molar-refractivity contribution >= 4 is 27.0 Å². The smallest absolute Gasteiger partial charge is 0.273 e. The van der Waals surface area contributed by atoms with Gasteiger partial charge in [-0.05, 0) is 43.3 Å². The highest BCUT2D eigenvalue weighted by molar-refractivity contribution is 7.94. The van der Waals surface area contributed by atoms with Crippen LogP contribution in [0.15, 0.2) is 40.6 Å². The third-order valence-electron chi connectivity index (χ3n) is 3.31. The fourth-order valence-corrected chi connectivity index (χ4v) is 4.72. The van der Waals surface area contributed by atoms with Crippen molar-refractivity contribution < 1.29 is 8.42 Å². The van der Waals surface area contributed by atoms with E-state index in [4.69, 9.17) is 0 Å². The van der Waals surface area contributed by atoms with Gasteiger partial charge in [0.2, 0.25) is 0 Å². The zero-order valence-electron chi connectivity index (χ0n) is 12.5. The molecule has 0 amide bonds. The summed E-state index contributed by atoms with van der Waals surface area (Å²) in [6.07, 6.45) is 0.940. The first-order valence-corrected chi connectivity index (χ1v) is 9.06. The fraction of sp³-hybridized carbons (Fsp3) is 0.333. The molecule has 2 rings (SSSR count). The molecule has 1 aromatic carbocycles. The largest absolute Gasteiger partial charge is 0.315 e. The quantitative estimate of drug-likeness (QED) is 0.889. The molecule has 0 fully saturated rings. The predicted molar refractivity (Wildman–Crippen MR) is 88.5 cm³/mol. The molecule has 21 heavy (non-hydrogen) atoms. The molecule has 0 aliphatic rings. The Kier molecular flexibility index (Phi) is 5.03. The van der Waals surface area contributed by atoms with Gasteiger partial charge in [-0.2, -0.15) is 0 Å². The number of nitrogens with one attached hydrogen (secondary N) is 1. The Labute approximate surface area is 130 Å². The van der Waals surface area contributed by atoms with E-state index in [0.29, 0.717) is 16.4 Å². The molecule has 6 heteroatoms. The Morgan fingerprint density at radius 2 is 1.81 bits per heavy atom. The maximum Gasteiger partial charge on any atom is 0.273 e. The molecule has 0 saturated heterocycles. The van der Waals surface area contributed by atoms with E-state index in [1.54, 1.807) is 13.1 Å². The zero-order valence-corrected chi connectivity index (χ0v) is 14.1. The van der Waals surface area contributed by atoms with Gasteiger partial charge in [-0.3, -0.25) is 4.31 Å². The molecule has 0 aliphatic carbocycles. The number of benzene rings is 1. The number of anilines is 1. The van der Waals surface area contributed by atoms with Gasteiger partial charge in [0.1, 0.15) is 4.21 Å². The van der Waals surface area contributed by atoms with E-state index >= 15 is 0 Å². The number of hydrogen-bond donors (Lipinski definition) is 1. The number of aryl methyl sites for hydroxylation is 1. The molecule has 2 aromatic rings. The summed E-state index contributed by atoms with van der Waals surface area (Å²) < 4.78 is 26.9. The van der Waals surface area contributed by atoms with Gasteiger partial charge in [0, 0.05) is 18.5 Å². The van der Waals surface area contributed by atoms with E-state index in [2.05, 4.69) is 12.2 Å². The van der Waals surface area contributed by atoms with Crippen molar-refractivity contribution in [1.82, 2.24) is 5.32 Å². The van der Waals surface area contributed by atoms with Crippen LogP contribution in [-0.2, 0) is 23.0 Å². The summed E-state index contributed by atoms with van der Waals surface area (Å²) in [5, 5.41) is 3.02. The first-order valence-electron chi connectivity index (χ1n) is 6.80. The summed E-state index contributed by atoms with van der Waals surface area (Å²) in [6, 6.07) is 11.1. The molecule has 0 bridgehead atoms. The normalized spacial score (nSPS) is 11.6. The Balaban J connectivity index is 2.28. The molecule has 1 N–H and O–H groups in total. The lowest BCUT2D eigenvalue weighted by molar-refractivity contribution is 0.596. The van der Waals surface area contributed by atoms with Crippen molar-refractivity contribution in [3.8, 4) is 0 Å². The molecule has 0 unspecified atom stereocenters. The van der Waals surface area contributed by atoms with Crippen molar-refractivity contribution in [3.05, 3.63) is 46.8 Å². The van der Waals surface area contributed by atoms with Crippen LogP contribution in [0.4, 0.5) is 5.69 Å². The monoisotopic (exact) mass is 324 g/mol. The molecule has 0 atom stereocenters. The summed E-state index contributed by atoms with van der Waals surface area (Å²) in [5.74, 6) is 0. The van der Waals surface area contributed by atoms with Crippen molar-refractivity contribution in [2.75, 3.05) is 18.4 Å². The minimum absolute atomic E-state index is 0.370. The van der Waals surface area contributed by atoms with Crippen LogP contribution in [0.3, 0.4) is 0 Å². The van der Waals surface area contributed by atoms with Gasteiger partial charge in [0.05, 0.1) is 5.69 Å². The fourth-order valence-electron chi connectivity index (χ4n) is 1.98. The van der Waals surface area contributed by atoms with Crippen LogP contribution in [0.1, 0.15) is 17.4 Å². The summed E-state index contributed by atoms with van der Waals surface area (Å²) in [5.41, 5.74) is 1.87. The maximum atomic E-state index is 12.6. The molecule has 0 radical (unpaired) electrons. The van der Waals surface area contributed by atoms with Gasteiger partial charge < -0.3 is 5.32 Å². The Bertz CT molecular complexity index is 691. The number of nitrogens with zero attached hydrogens (tertiary/aromatic N) is 1. The molecule has 114 valence electrons. The highest BCUT2D eigenvalue weighted by atomic mass is 32.2. The third-order valence-corrected chi connectivity index (χ3v) is 6.65. The van der Waals surface area contributed by atoms with Crippen molar-refractivity contribution in [2.24, 2.45) is 0 Å². The molecule has 0 aliphatic heterocycles. The van der Waals surface area contributed by atoms with Crippen LogP contribution in [0.25, 0.3) is 0 Å². The van der Waals surface area contributed by atoms with Crippen LogP contribution in [-0.4, -0.2) is 22.5 Å². The predicted octanol–water partition coefficient (Wildman–Crippen LogP) is 2.86.